The zero-order chi connectivity index (χ0) is 21.1. The number of rotatable bonds is 5. The van der Waals surface area contributed by atoms with Crippen molar-refractivity contribution in [2.24, 2.45) is 0 Å². The number of hydrogen-bond donors (Lipinski definition) is 3. The van der Waals surface area contributed by atoms with Crippen molar-refractivity contribution in [3.63, 3.8) is 0 Å². The van der Waals surface area contributed by atoms with E-state index in [1.54, 1.807) is 0 Å². The van der Waals surface area contributed by atoms with Crippen LogP contribution < -0.4 is 10.6 Å². The minimum atomic E-state index is -4.51. The highest BCUT2D eigenvalue weighted by atomic mass is 19.4. The highest BCUT2D eigenvalue weighted by molar-refractivity contribution is 5.94. The maximum absolute atomic E-state index is 13.1. The molecule has 1 saturated heterocycles. The molecule has 3 aromatic rings. The Morgan fingerprint density at radius 3 is 2.83 bits per heavy atom. The number of H-pyrrole nitrogens is 1. The number of fused-ring (bicyclic) bond motifs is 1. The van der Waals surface area contributed by atoms with Crippen LogP contribution in [0, 0.1) is 11.3 Å². The Morgan fingerprint density at radius 1 is 1.23 bits per heavy atom. The van der Waals surface area contributed by atoms with Gasteiger partial charge in [0, 0.05) is 35.9 Å². The highest BCUT2D eigenvalue weighted by Gasteiger charge is 2.31. The number of nitrogens with one attached hydrogen (secondary N) is 3. The van der Waals surface area contributed by atoms with Gasteiger partial charge in [0.15, 0.2) is 0 Å². The molecule has 0 aliphatic carbocycles. The molecule has 1 aliphatic heterocycles. The average molecular weight is 415 g/mol. The molecule has 156 valence electrons. The summed E-state index contributed by atoms with van der Waals surface area (Å²) in [5.41, 5.74) is 0.241. The van der Waals surface area contributed by atoms with Crippen LogP contribution in [-0.2, 0) is 6.18 Å². The lowest BCUT2D eigenvalue weighted by Crippen LogP contribution is -2.35. The average Bonchev–Trinajstić information content (AvgIpc) is 3.17. The monoisotopic (exact) mass is 415 g/mol. The summed E-state index contributed by atoms with van der Waals surface area (Å²) in [5, 5.41) is 16.3. The van der Waals surface area contributed by atoms with Crippen LogP contribution in [0.2, 0.25) is 0 Å². The smallest absolute Gasteiger partial charge is 0.354 e. The van der Waals surface area contributed by atoms with E-state index in [0.29, 0.717) is 29.7 Å². The predicted octanol–water partition coefficient (Wildman–Crippen LogP) is 3.85. The Balaban J connectivity index is 1.61. The number of nitriles is 1. The normalized spacial score (nSPS) is 17.1. The molecular formula is C20H20F3N7. The maximum atomic E-state index is 13.1. The fourth-order valence-electron chi connectivity index (χ4n) is 3.64. The zero-order valence-corrected chi connectivity index (χ0v) is 16.1. The van der Waals surface area contributed by atoms with E-state index in [4.69, 9.17) is 0 Å². The first-order valence-electron chi connectivity index (χ1n) is 9.75. The standard InChI is InChI=1S/C20H20F3N7/c21-20(22,23)13-7-15-16(11-28-18(15)27-10-13)17-12(8-24)9-29-19(30-17)26-6-4-14-3-1-2-5-25-14/h7,9-11,14,25H,1-6H2,(H,27,28)(H,26,29,30). The third kappa shape index (κ3) is 4.21. The number of aromatic nitrogens is 4. The van der Waals surface area contributed by atoms with Crippen LogP contribution in [0.3, 0.4) is 0 Å². The molecule has 7 nitrogen and oxygen atoms in total. The van der Waals surface area contributed by atoms with Crippen molar-refractivity contribution in [3.8, 4) is 17.3 Å². The van der Waals surface area contributed by atoms with Crippen LogP contribution in [0.1, 0.15) is 36.8 Å². The molecule has 0 amide bonds. The van der Waals surface area contributed by atoms with E-state index in [0.717, 1.165) is 31.6 Å². The number of pyridine rings is 1. The summed E-state index contributed by atoms with van der Waals surface area (Å²) in [4.78, 5) is 15.3. The lowest BCUT2D eigenvalue weighted by atomic mass is 10.0. The molecule has 3 aromatic heterocycles. The molecule has 30 heavy (non-hydrogen) atoms. The molecule has 1 atom stereocenters. The predicted molar refractivity (Wildman–Crippen MR) is 106 cm³/mol. The van der Waals surface area contributed by atoms with Gasteiger partial charge in [-0.3, -0.25) is 0 Å². The summed E-state index contributed by atoms with van der Waals surface area (Å²) >= 11 is 0. The van der Waals surface area contributed by atoms with E-state index >= 15 is 0 Å². The molecule has 0 spiro atoms. The van der Waals surface area contributed by atoms with Gasteiger partial charge < -0.3 is 15.6 Å². The number of nitrogens with zero attached hydrogens (tertiary/aromatic N) is 4. The van der Waals surface area contributed by atoms with Crippen molar-refractivity contribution in [2.75, 3.05) is 18.4 Å². The van der Waals surface area contributed by atoms with Gasteiger partial charge in [0.2, 0.25) is 5.95 Å². The van der Waals surface area contributed by atoms with Crippen LogP contribution >= 0.6 is 0 Å². The lowest BCUT2D eigenvalue weighted by Gasteiger charge is -2.23. The Kier molecular flexibility index (Phi) is 5.55. The molecular weight excluding hydrogens is 395 g/mol. The summed E-state index contributed by atoms with van der Waals surface area (Å²) in [7, 11) is 0. The number of halogens is 3. The van der Waals surface area contributed by atoms with E-state index in [9.17, 15) is 18.4 Å². The van der Waals surface area contributed by atoms with Gasteiger partial charge in [-0.1, -0.05) is 6.42 Å². The molecule has 4 heterocycles. The summed E-state index contributed by atoms with van der Waals surface area (Å²) in [6.45, 7) is 1.67. The van der Waals surface area contributed by atoms with Gasteiger partial charge in [-0.2, -0.15) is 18.4 Å². The molecule has 4 rings (SSSR count). The molecule has 1 fully saturated rings. The number of anilines is 1. The second-order valence-electron chi connectivity index (χ2n) is 7.25. The molecule has 3 N–H and O–H groups in total. The quantitative estimate of drug-likeness (QED) is 0.585. The first-order valence-corrected chi connectivity index (χ1v) is 9.75. The van der Waals surface area contributed by atoms with Crippen molar-refractivity contribution in [2.45, 2.75) is 37.9 Å². The van der Waals surface area contributed by atoms with E-state index < -0.39 is 11.7 Å². The first kappa shape index (κ1) is 20.1. The van der Waals surface area contributed by atoms with Gasteiger partial charge in [0.1, 0.15) is 11.7 Å². The third-order valence-electron chi connectivity index (χ3n) is 5.21. The van der Waals surface area contributed by atoms with Crippen molar-refractivity contribution in [1.82, 2.24) is 25.3 Å². The van der Waals surface area contributed by atoms with Crippen LogP contribution in [0.25, 0.3) is 22.3 Å². The number of hydrogen-bond acceptors (Lipinski definition) is 6. The number of aromatic amines is 1. The summed E-state index contributed by atoms with van der Waals surface area (Å²) in [6.07, 6.45) is 3.60. The third-order valence-corrected chi connectivity index (χ3v) is 5.21. The molecule has 1 unspecified atom stereocenters. The van der Waals surface area contributed by atoms with Crippen LogP contribution in [-0.4, -0.2) is 39.1 Å². The second-order valence-corrected chi connectivity index (χ2v) is 7.25. The summed E-state index contributed by atoms with van der Waals surface area (Å²) in [5.74, 6) is 0.328. The summed E-state index contributed by atoms with van der Waals surface area (Å²) < 4.78 is 39.3. The molecule has 0 bridgehead atoms. The van der Waals surface area contributed by atoms with Crippen molar-refractivity contribution >= 4 is 17.0 Å². The van der Waals surface area contributed by atoms with E-state index in [-0.39, 0.29) is 16.6 Å². The fourth-order valence-corrected chi connectivity index (χ4v) is 3.64. The van der Waals surface area contributed by atoms with E-state index in [1.807, 2.05) is 6.07 Å². The van der Waals surface area contributed by atoms with Gasteiger partial charge in [-0.05, 0) is 31.9 Å². The van der Waals surface area contributed by atoms with Crippen LogP contribution in [0.15, 0.2) is 24.7 Å². The molecule has 0 aromatic carbocycles. The fraction of sp³-hybridized carbons (Fsp3) is 0.400. The van der Waals surface area contributed by atoms with Crippen LogP contribution in [0.5, 0.6) is 0 Å². The Bertz CT molecular complexity index is 1080. The second kappa shape index (κ2) is 8.28. The number of alkyl halides is 3. The number of piperidine rings is 1. The minimum Gasteiger partial charge on any atom is -0.354 e. The topological polar surface area (TPSA) is 102 Å². The highest BCUT2D eigenvalue weighted by Crippen LogP contribution is 2.34. The Labute approximate surface area is 170 Å². The largest absolute Gasteiger partial charge is 0.417 e. The van der Waals surface area contributed by atoms with Gasteiger partial charge >= 0.3 is 6.18 Å². The Hall–Kier alpha value is -3.19. The van der Waals surface area contributed by atoms with Crippen LogP contribution in [0.4, 0.5) is 19.1 Å². The molecule has 1 aliphatic rings. The molecule has 0 saturated carbocycles. The van der Waals surface area contributed by atoms with Gasteiger partial charge in [0.25, 0.3) is 0 Å². The van der Waals surface area contributed by atoms with Gasteiger partial charge in [-0.15, -0.1) is 0 Å². The minimum absolute atomic E-state index is 0.174. The first-order chi connectivity index (χ1) is 14.5. The van der Waals surface area contributed by atoms with E-state index in [2.05, 4.69) is 30.6 Å². The summed E-state index contributed by atoms with van der Waals surface area (Å²) in [6, 6.07) is 3.47. The van der Waals surface area contributed by atoms with Crippen molar-refractivity contribution < 1.29 is 13.2 Å². The molecule has 10 heteroatoms. The van der Waals surface area contributed by atoms with Gasteiger partial charge in [-0.25, -0.2) is 15.0 Å². The molecule has 0 radical (unpaired) electrons. The van der Waals surface area contributed by atoms with Crippen molar-refractivity contribution in [1.29, 1.82) is 5.26 Å². The zero-order valence-electron chi connectivity index (χ0n) is 16.1. The SMILES string of the molecule is N#Cc1cnc(NCCC2CCCCN2)nc1-c1c[nH]c2ncc(C(F)(F)F)cc12. The van der Waals surface area contributed by atoms with E-state index in [1.165, 1.54) is 25.2 Å². The van der Waals surface area contributed by atoms with Gasteiger partial charge in [0.05, 0.1) is 23.0 Å². The van der Waals surface area contributed by atoms with Crippen molar-refractivity contribution in [3.05, 3.63) is 35.8 Å². The Morgan fingerprint density at radius 2 is 2.10 bits per heavy atom. The maximum Gasteiger partial charge on any atom is 0.417 e. The lowest BCUT2D eigenvalue weighted by molar-refractivity contribution is -0.137.